The van der Waals surface area contributed by atoms with Crippen LogP contribution in [0.2, 0.25) is 0 Å². The number of morpholine rings is 1. The first-order valence-electron chi connectivity index (χ1n) is 5.43. The van der Waals surface area contributed by atoms with E-state index in [-0.39, 0.29) is 5.97 Å². The zero-order chi connectivity index (χ0) is 12.3. The Hall–Kier alpha value is -1.69. The summed E-state index contributed by atoms with van der Waals surface area (Å²) < 4.78 is 10.0. The van der Waals surface area contributed by atoms with E-state index >= 15 is 0 Å². The Morgan fingerprint density at radius 1 is 1.59 bits per heavy atom. The average molecular weight is 237 g/mol. The van der Waals surface area contributed by atoms with E-state index in [1.807, 2.05) is 17.9 Å². The molecule has 0 amide bonds. The molecule has 1 atom stereocenters. The number of aromatic nitrogens is 2. The van der Waals surface area contributed by atoms with Crippen LogP contribution in [-0.4, -0.2) is 48.8 Å². The smallest absolute Gasteiger partial charge is 0.336 e. The van der Waals surface area contributed by atoms with E-state index in [1.165, 1.54) is 13.4 Å². The van der Waals surface area contributed by atoms with Gasteiger partial charge in [-0.25, -0.2) is 14.8 Å². The number of anilines is 1. The molecule has 1 aromatic heterocycles. The highest BCUT2D eigenvalue weighted by molar-refractivity contribution is 5.75. The Labute approximate surface area is 99.6 Å². The number of aryl methyl sites for hydroxylation is 1. The van der Waals surface area contributed by atoms with Crippen LogP contribution in [0.25, 0.3) is 0 Å². The quantitative estimate of drug-likeness (QED) is 0.683. The van der Waals surface area contributed by atoms with E-state index in [0.717, 1.165) is 11.5 Å². The standard InChI is InChI=1S/C11H15N3O3/c1-8-5-10(13-7-12-8)14-3-4-17-9(6-14)11(15)16-2/h5,7,9H,3-4,6H2,1-2H3/t9-/m0/s1. The molecule has 6 nitrogen and oxygen atoms in total. The van der Waals surface area contributed by atoms with Crippen molar-refractivity contribution < 1.29 is 14.3 Å². The van der Waals surface area contributed by atoms with Crippen molar-refractivity contribution in [1.29, 1.82) is 0 Å². The molecule has 2 heterocycles. The molecule has 6 heteroatoms. The molecule has 0 saturated carbocycles. The maximum absolute atomic E-state index is 11.4. The second-order valence-electron chi connectivity index (χ2n) is 3.85. The molecule has 92 valence electrons. The molecule has 1 fully saturated rings. The lowest BCUT2D eigenvalue weighted by molar-refractivity contribution is -0.154. The predicted molar refractivity (Wildman–Crippen MR) is 60.7 cm³/mol. The molecular weight excluding hydrogens is 222 g/mol. The second kappa shape index (κ2) is 5.09. The van der Waals surface area contributed by atoms with Gasteiger partial charge in [-0.1, -0.05) is 0 Å². The summed E-state index contributed by atoms with van der Waals surface area (Å²) in [6.45, 7) is 3.57. The molecule has 0 aliphatic carbocycles. The number of rotatable bonds is 2. The third kappa shape index (κ3) is 2.71. The van der Waals surface area contributed by atoms with Crippen LogP contribution >= 0.6 is 0 Å². The normalized spacial score (nSPS) is 20.1. The number of hydrogen-bond acceptors (Lipinski definition) is 6. The Morgan fingerprint density at radius 2 is 2.41 bits per heavy atom. The summed E-state index contributed by atoms with van der Waals surface area (Å²) in [5.74, 6) is 0.468. The fourth-order valence-corrected chi connectivity index (χ4v) is 1.74. The largest absolute Gasteiger partial charge is 0.467 e. The molecule has 0 spiro atoms. The van der Waals surface area contributed by atoms with Crippen LogP contribution in [0.3, 0.4) is 0 Å². The van der Waals surface area contributed by atoms with Crippen molar-refractivity contribution in [3.05, 3.63) is 18.1 Å². The maximum atomic E-state index is 11.4. The molecular formula is C11H15N3O3. The molecule has 0 unspecified atom stereocenters. The molecule has 17 heavy (non-hydrogen) atoms. The number of esters is 1. The number of ether oxygens (including phenoxy) is 2. The second-order valence-corrected chi connectivity index (χ2v) is 3.85. The van der Waals surface area contributed by atoms with Gasteiger partial charge in [-0.15, -0.1) is 0 Å². The predicted octanol–water partition coefficient (Wildman–Crippen LogP) is 0.163. The van der Waals surface area contributed by atoms with E-state index in [1.54, 1.807) is 0 Å². The lowest BCUT2D eigenvalue weighted by atomic mass is 10.2. The number of hydrogen-bond donors (Lipinski definition) is 0. The highest BCUT2D eigenvalue weighted by atomic mass is 16.6. The number of methoxy groups -OCH3 is 1. The minimum atomic E-state index is -0.538. The van der Waals surface area contributed by atoms with Crippen molar-refractivity contribution in [1.82, 2.24) is 9.97 Å². The van der Waals surface area contributed by atoms with E-state index in [4.69, 9.17) is 4.74 Å². The first-order chi connectivity index (χ1) is 8.20. The average Bonchev–Trinajstić information content (AvgIpc) is 2.38. The van der Waals surface area contributed by atoms with E-state index in [9.17, 15) is 4.79 Å². The molecule has 1 aliphatic heterocycles. The summed E-state index contributed by atoms with van der Waals surface area (Å²) in [7, 11) is 1.36. The van der Waals surface area contributed by atoms with Gasteiger partial charge in [0.2, 0.25) is 0 Å². The van der Waals surface area contributed by atoms with Gasteiger partial charge in [0.05, 0.1) is 20.3 Å². The number of nitrogens with zero attached hydrogens (tertiary/aromatic N) is 3. The number of carbonyl (C=O) groups excluding carboxylic acids is 1. The van der Waals surface area contributed by atoms with Crippen molar-refractivity contribution in [3.63, 3.8) is 0 Å². The van der Waals surface area contributed by atoms with Crippen molar-refractivity contribution in [3.8, 4) is 0 Å². The van der Waals surface area contributed by atoms with Gasteiger partial charge in [0.25, 0.3) is 0 Å². The lowest BCUT2D eigenvalue weighted by Crippen LogP contribution is -2.46. The highest BCUT2D eigenvalue weighted by Crippen LogP contribution is 2.15. The van der Waals surface area contributed by atoms with Gasteiger partial charge in [0, 0.05) is 18.3 Å². The molecule has 1 aliphatic rings. The third-order valence-electron chi connectivity index (χ3n) is 2.64. The van der Waals surface area contributed by atoms with Crippen LogP contribution in [0.4, 0.5) is 5.82 Å². The van der Waals surface area contributed by atoms with Gasteiger partial charge < -0.3 is 14.4 Å². The first kappa shape index (κ1) is 11.8. The van der Waals surface area contributed by atoms with E-state index in [2.05, 4.69) is 14.7 Å². The molecule has 1 saturated heterocycles. The van der Waals surface area contributed by atoms with Crippen LogP contribution in [0.15, 0.2) is 12.4 Å². The zero-order valence-corrected chi connectivity index (χ0v) is 9.92. The monoisotopic (exact) mass is 237 g/mol. The molecule has 0 N–H and O–H groups in total. The Bertz CT molecular complexity index is 411. The fourth-order valence-electron chi connectivity index (χ4n) is 1.74. The SMILES string of the molecule is COC(=O)[C@@H]1CN(c2cc(C)ncn2)CCO1. The minimum Gasteiger partial charge on any atom is -0.467 e. The van der Waals surface area contributed by atoms with Crippen LogP contribution in [0, 0.1) is 6.92 Å². The highest BCUT2D eigenvalue weighted by Gasteiger charge is 2.28. The molecule has 1 aromatic rings. The van der Waals surface area contributed by atoms with Crippen LogP contribution < -0.4 is 4.90 Å². The first-order valence-corrected chi connectivity index (χ1v) is 5.43. The van der Waals surface area contributed by atoms with E-state index in [0.29, 0.717) is 19.7 Å². The fraction of sp³-hybridized carbons (Fsp3) is 0.545. The third-order valence-corrected chi connectivity index (χ3v) is 2.64. The topological polar surface area (TPSA) is 64.5 Å². The Morgan fingerprint density at radius 3 is 3.12 bits per heavy atom. The maximum Gasteiger partial charge on any atom is 0.336 e. The van der Waals surface area contributed by atoms with Gasteiger partial charge in [0.1, 0.15) is 12.1 Å². The molecule has 0 radical (unpaired) electrons. The van der Waals surface area contributed by atoms with Crippen molar-refractivity contribution in [2.75, 3.05) is 31.7 Å². The molecule has 0 aromatic carbocycles. The molecule has 0 bridgehead atoms. The Balaban J connectivity index is 2.09. The van der Waals surface area contributed by atoms with Crippen LogP contribution in [-0.2, 0) is 14.3 Å². The number of carbonyl (C=O) groups is 1. The van der Waals surface area contributed by atoms with Gasteiger partial charge >= 0.3 is 5.97 Å². The van der Waals surface area contributed by atoms with Gasteiger partial charge in [-0.05, 0) is 6.92 Å². The summed E-state index contributed by atoms with van der Waals surface area (Å²) in [4.78, 5) is 21.6. The van der Waals surface area contributed by atoms with Crippen molar-refractivity contribution >= 4 is 11.8 Å². The van der Waals surface area contributed by atoms with E-state index < -0.39 is 6.10 Å². The van der Waals surface area contributed by atoms with Crippen LogP contribution in [0.1, 0.15) is 5.69 Å². The summed E-state index contributed by atoms with van der Waals surface area (Å²) >= 11 is 0. The summed E-state index contributed by atoms with van der Waals surface area (Å²) in [6, 6.07) is 1.89. The van der Waals surface area contributed by atoms with Crippen molar-refractivity contribution in [2.45, 2.75) is 13.0 Å². The van der Waals surface area contributed by atoms with Gasteiger partial charge in [-0.3, -0.25) is 0 Å². The zero-order valence-electron chi connectivity index (χ0n) is 9.92. The summed E-state index contributed by atoms with van der Waals surface area (Å²) in [6.07, 6.45) is 0.983. The Kier molecular flexibility index (Phi) is 3.53. The molecule has 2 rings (SSSR count). The summed E-state index contributed by atoms with van der Waals surface area (Å²) in [5.41, 5.74) is 0.899. The van der Waals surface area contributed by atoms with Gasteiger partial charge in [-0.2, -0.15) is 0 Å². The van der Waals surface area contributed by atoms with Gasteiger partial charge in [0.15, 0.2) is 6.10 Å². The lowest BCUT2D eigenvalue weighted by Gasteiger charge is -2.32. The minimum absolute atomic E-state index is 0.347. The van der Waals surface area contributed by atoms with Crippen LogP contribution in [0.5, 0.6) is 0 Å². The summed E-state index contributed by atoms with van der Waals surface area (Å²) in [5, 5.41) is 0. The van der Waals surface area contributed by atoms with Crippen molar-refractivity contribution in [2.24, 2.45) is 0 Å².